The highest BCUT2D eigenvalue weighted by Crippen LogP contribution is 2.30. The van der Waals surface area contributed by atoms with E-state index in [1.807, 2.05) is 0 Å². The van der Waals surface area contributed by atoms with E-state index < -0.39 is 23.5 Å². The average molecular weight is 390 g/mol. The Labute approximate surface area is 157 Å². The van der Waals surface area contributed by atoms with Crippen molar-refractivity contribution < 1.29 is 22.4 Å². The fourth-order valence-electron chi connectivity index (χ4n) is 2.43. The fraction of sp³-hybridized carbons (Fsp3) is 0.105. The zero-order valence-corrected chi connectivity index (χ0v) is 14.5. The van der Waals surface area contributed by atoms with Gasteiger partial charge in [-0.15, -0.1) is 0 Å². The first-order valence-corrected chi connectivity index (χ1v) is 8.07. The van der Waals surface area contributed by atoms with Gasteiger partial charge in [0, 0.05) is 17.4 Å². The van der Waals surface area contributed by atoms with Gasteiger partial charge in [0.1, 0.15) is 23.2 Å². The lowest BCUT2D eigenvalue weighted by Gasteiger charge is -2.11. The molecule has 3 rings (SSSR count). The van der Waals surface area contributed by atoms with Crippen molar-refractivity contribution in [1.82, 2.24) is 9.97 Å². The number of rotatable bonds is 4. The summed E-state index contributed by atoms with van der Waals surface area (Å²) in [5, 5.41) is 5.23. The third-order valence-electron chi connectivity index (χ3n) is 3.62. The first kappa shape index (κ1) is 19.3. The van der Waals surface area contributed by atoms with Crippen molar-refractivity contribution in [3.05, 3.63) is 77.5 Å². The lowest BCUT2D eigenvalue weighted by molar-refractivity contribution is -0.137. The highest BCUT2D eigenvalue weighted by molar-refractivity contribution is 6.03. The molecule has 0 unspecified atom stereocenters. The van der Waals surface area contributed by atoms with Crippen LogP contribution in [-0.4, -0.2) is 15.9 Å². The van der Waals surface area contributed by atoms with E-state index >= 15 is 0 Å². The zero-order chi connectivity index (χ0) is 20.3. The summed E-state index contributed by atoms with van der Waals surface area (Å²) in [4.78, 5) is 20.5. The highest BCUT2D eigenvalue weighted by Gasteiger charge is 2.30. The molecule has 2 N–H and O–H groups in total. The van der Waals surface area contributed by atoms with Crippen molar-refractivity contribution in [3.63, 3.8) is 0 Å². The lowest BCUT2D eigenvalue weighted by atomic mass is 10.2. The van der Waals surface area contributed by atoms with Crippen LogP contribution in [0.15, 0.2) is 54.6 Å². The molecule has 28 heavy (non-hydrogen) atoms. The predicted molar refractivity (Wildman–Crippen MR) is 95.8 cm³/mol. The Morgan fingerprint density at radius 3 is 2.39 bits per heavy atom. The summed E-state index contributed by atoms with van der Waals surface area (Å²) in [6, 6.07) is 11.2. The minimum absolute atomic E-state index is 0.0178. The van der Waals surface area contributed by atoms with Crippen LogP contribution in [0.2, 0.25) is 0 Å². The van der Waals surface area contributed by atoms with Crippen LogP contribution < -0.4 is 10.6 Å². The van der Waals surface area contributed by atoms with Gasteiger partial charge in [0.15, 0.2) is 0 Å². The fourth-order valence-corrected chi connectivity index (χ4v) is 2.43. The van der Waals surface area contributed by atoms with Gasteiger partial charge in [-0.3, -0.25) is 4.79 Å². The number of alkyl halides is 3. The summed E-state index contributed by atoms with van der Waals surface area (Å²) in [6.07, 6.45) is -4.52. The first-order chi connectivity index (χ1) is 13.2. The van der Waals surface area contributed by atoms with Crippen molar-refractivity contribution >= 4 is 23.1 Å². The second kappa shape index (κ2) is 7.63. The van der Waals surface area contributed by atoms with Gasteiger partial charge in [-0.1, -0.05) is 12.1 Å². The number of benzene rings is 2. The Kier molecular flexibility index (Phi) is 5.25. The van der Waals surface area contributed by atoms with Crippen molar-refractivity contribution in [2.45, 2.75) is 13.1 Å². The number of carbonyl (C=O) groups excluding carboxylic acids is 1. The van der Waals surface area contributed by atoms with Crippen LogP contribution in [0.3, 0.4) is 0 Å². The van der Waals surface area contributed by atoms with Gasteiger partial charge in [-0.2, -0.15) is 13.2 Å². The van der Waals surface area contributed by atoms with Gasteiger partial charge < -0.3 is 10.6 Å². The molecular weight excluding hydrogens is 376 g/mol. The van der Waals surface area contributed by atoms with E-state index in [1.165, 1.54) is 36.4 Å². The number of hydrogen-bond donors (Lipinski definition) is 2. The molecule has 2 aromatic carbocycles. The van der Waals surface area contributed by atoms with E-state index in [2.05, 4.69) is 20.6 Å². The number of halogens is 4. The third kappa shape index (κ3) is 4.81. The van der Waals surface area contributed by atoms with Crippen molar-refractivity contribution in [1.29, 1.82) is 0 Å². The molecule has 1 heterocycles. The largest absolute Gasteiger partial charge is 0.416 e. The summed E-state index contributed by atoms with van der Waals surface area (Å²) in [7, 11) is 0. The number of aryl methyl sites for hydroxylation is 1. The van der Waals surface area contributed by atoms with E-state index in [9.17, 15) is 22.4 Å². The summed E-state index contributed by atoms with van der Waals surface area (Å²) in [5.41, 5.74) is -0.528. The molecule has 0 aliphatic heterocycles. The van der Waals surface area contributed by atoms with Crippen LogP contribution in [0.4, 0.5) is 34.8 Å². The molecule has 0 spiro atoms. The Bertz CT molecular complexity index is 1020. The number of hydrogen-bond acceptors (Lipinski definition) is 4. The van der Waals surface area contributed by atoms with E-state index in [4.69, 9.17) is 0 Å². The van der Waals surface area contributed by atoms with Gasteiger partial charge in [0.05, 0.1) is 5.56 Å². The second-order valence-electron chi connectivity index (χ2n) is 5.85. The van der Waals surface area contributed by atoms with Crippen LogP contribution in [0.25, 0.3) is 0 Å². The molecule has 0 aliphatic rings. The van der Waals surface area contributed by atoms with E-state index in [-0.39, 0.29) is 23.0 Å². The monoisotopic (exact) mass is 390 g/mol. The number of nitrogens with zero attached hydrogens (tertiary/aromatic N) is 2. The van der Waals surface area contributed by atoms with Crippen molar-refractivity contribution in [3.8, 4) is 0 Å². The Hall–Kier alpha value is -3.49. The van der Waals surface area contributed by atoms with Gasteiger partial charge in [0.25, 0.3) is 5.91 Å². The molecule has 5 nitrogen and oxygen atoms in total. The van der Waals surface area contributed by atoms with Crippen molar-refractivity contribution in [2.75, 3.05) is 10.6 Å². The number of amides is 1. The molecule has 144 valence electrons. The zero-order valence-electron chi connectivity index (χ0n) is 14.5. The standard InChI is InChI=1S/C19H14F4N4O/c1-11-24-16(10-17(25-11)26-15-7-3-5-13(20)9-15)18(28)27-14-6-2-4-12(8-14)19(21,22)23/h2-10H,1H3,(H,27,28)(H,24,25,26). The topological polar surface area (TPSA) is 66.9 Å². The quantitative estimate of drug-likeness (QED) is 0.620. The Morgan fingerprint density at radius 2 is 1.68 bits per heavy atom. The van der Waals surface area contributed by atoms with E-state index in [0.717, 1.165) is 12.1 Å². The van der Waals surface area contributed by atoms with Gasteiger partial charge in [-0.25, -0.2) is 14.4 Å². The number of nitrogens with one attached hydrogen (secondary N) is 2. The molecule has 9 heteroatoms. The third-order valence-corrected chi connectivity index (χ3v) is 3.62. The van der Waals surface area contributed by atoms with Crippen LogP contribution >= 0.6 is 0 Å². The van der Waals surface area contributed by atoms with Gasteiger partial charge >= 0.3 is 6.18 Å². The molecule has 1 amide bonds. The van der Waals surface area contributed by atoms with Crippen LogP contribution in [0.5, 0.6) is 0 Å². The summed E-state index contributed by atoms with van der Waals surface area (Å²) < 4.78 is 51.7. The van der Waals surface area contributed by atoms with Crippen molar-refractivity contribution in [2.24, 2.45) is 0 Å². The first-order valence-electron chi connectivity index (χ1n) is 8.07. The Morgan fingerprint density at radius 1 is 0.964 bits per heavy atom. The number of aromatic nitrogens is 2. The van der Waals surface area contributed by atoms with E-state index in [0.29, 0.717) is 5.69 Å². The van der Waals surface area contributed by atoms with Gasteiger partial charge in [-0.05, 0) is 43.3 Å². The van der Waals surface area contributed by atoms with Crippen LogP contribution in [0.1, 0.15) is 21.9 Å². The number of anilines is 3. The molecule has 3 aromatic rings. The molecule has 0 bridgehead atoms. The van der Waals surface area contributed by atoms with Crippen LogP contribution in [0, 0.1) is 12.7 Å². The van der Waals surface area contributed by atoms with Gasteiger partial charge in [0.2, 0.25) is 0 Å². The SMILES string of the molecule is Cc1nc(Nc2cccc(F)c2)cc(C(=O)Nc2cccc(C(F)(F)F)c2)n1. The highest BCUT2D eigenvalue weighted by atomic mass is 19.4. The summed E-state index contributed by atoms with van der Waals surface area (Å²) in [6.45, 7) is 1.55. The predicted octanol–water partition coefficient (Wildman–Crippen LogP) is 4.94. The Balaban J connectivity index is 1.81. The van der Waals surface area contributed by atoms with E-state index in [1.54, 1.807) is 13.0 Å². The maximum Gasteiger partial charge on any atom is 0.416 e. The molecular formula is C19H14F4N4O. The maximum atomic E-state index is 13.3. The molecule has 0 aliphatic carbocycles. The van der Waals surface area contributed by atoms with Crippen LogP contribution in [-0.2, 0) is 6.18 Å². The smallest absolute Gasteiger partial charge is 0.340 e. The average Bonchev–Trinajstić information content (AvgIpc) is 2.61. The molecule has 0 atom stereocenters. The maximum absolute atomic E-state index is 13.3. The molecule has 0 saturated carbocycles. The molecule has 1 aromatic heterocycles. The number of carbonyl (C=O) groups is 1. The second-order valence-corrected chi connectivity index (χ2v) is 5.85. The molecule has 0 radical (unpaired) electrons. The summed E-state index contributed by atoms with van der Waals surface area (Å²) >= 11 is 0. The molecule has 0 fully saturated rings. The molecule has 0 saturated heterocycles. The minimum Gasteiger partial charge on any atom is -0.340 e. The summed E-state index contributed by atoms with van der Waals surface area (Å²) in [5.74, 6) is -0.645. The lowest BCUT2D eigenvalue weighted by Crippen LogP contribution is -2.16. The minimum atomic E-state index is -4.52. The normalized spacial score (nSPS) is 11.2.